The van der Waals surface area contributed by atoms with E-state index in [4.69, 9.17) is 9.47 Å². The second-order valence-corrected chi connectivity index (χ2v) is 5.02. The molecule has 0 bridgehead atoms. The summed E-state index contributed by atoms with van der Waals surface area (Å²) in [5.74, 6) is -1.22. The molecule has 24 heavy (non-hydrogen) atoms. The summed E-state index contributed by atoms with van der Waals surface area (Å²) >= 11 is 0. The van der Waals surface area contributed by atoms with Crippen molar-refractivity contribution in [3.63, 3.8) is 0 Å². The molecule has 0 aliphatic rings. The maximum Gasteiger partial charge on any atom is 0.254 e. The predicted molar refractivity (Wildman–Crippen MR) is 82.7 cm³/mol. The van der Waals surface area contributed by atoms with Gasteiger partial charge in [-0.25, -0.2) is 4.39 Å². The smallest absolute Gasteiger partial charge is 0.254 e. The Hall–Kier alpha value is -2.39. The highest BCUT2D eigenvalue weighted by atomic mass is 19.1. The van der Waals surface area contributed by atoms with Gasteiger partial charge in [-0.15, -0.1) is 10.2 Å². The van der Waals surface area contributed by atoms with Gasteiger partial charge in [0.1, 0.15) is 6.67 Å². The third-order valence-corrected chi connectivity index (χ3v) is 3.80. The lowest BCUT2D eigenvalue weighted by molar-refractivity contribution is -0.224. The summed E-state index contributed by atoms with van der Waals surface area (Å²) in [4.78, 5) is 14.2. The van der Waals surface area contributed by atoms with Crippen LogP contribution >= 0.6 is 0 Å². The average molecular weight is 337 g/mol. The van der Waals surface area contributed by atoms with Gasteiger partial charge in [-0.2, -0.15) is 5.21 Å². The van der Waals surface area contributed by atoms with Gasteiger partial charge in [0.25, 0.3) is 5.91 Å². The molecule has 1 N–H and O–H groups in total. The fourth-order valence-electron chi connectivity index (χ4n) is 2.30. The Balaban J connectivity index is 2.18. The predicted octanol–water partition coefficient (Wildman–Crippen LogP) is 1.28. The van der Waals surface area contributed by atoms with E-state index in [9.17, 15) is 9.18 Å². The van der Waals surface area contributed by atoms with E-state index >= 15 is 0 Å². The lowest BCUT2D eigenvalue weighted by Crippen LogP contribution is -2.33. The van der Waals surface area contributed by atoms with Crippen LogP contribution in [0.3, 0.4) is 0 Å². The lowest BCUT2D eigenvalue weighted by Gasteiger charge is -2.28. The molecule has 0 aliphatic carbocycles. The van der Waals surface area contributed by atoms with Crippen LogP contribution in [0.2, 0.25) is 0 Å². The number of hydrogen-bond donors (Lipinski definition) is 1. The van der Waals surface area contributed by atoms with Crippen molar-refractivity contribution in [2.24, 2.45) is 0 Å². The Bertz CT molecular complexity index is 635. The molecule has 0 radical (unpaired) electrons. The molecular formula is C15H20FN5O3. The highest BCUT2D eigenvalue weighted by molar-refractivity contribution is 5.94. The van der Waals surface area contributed by atoms with Crippen molar-refractivity contribution in [2.45, 2.75) is 19.3 Å². The number of hydrogen-bond acceptors (Lipinski definition) is 6. The number of nitrogens with zero attached hydrogens (tertiary/aromatic N) is 4. The van der Waals surface area contributed by atoms with Gasteiger partial charge in [0, 0.05) is 31.9 Å². The highest BCUT2D eigenvalue weighted by Crippen LogP contribution is 2.27. The molecule has 130 valence electrons. The zero-order valence-corrected chi connectivity index (χ0v) is 13.8. The minimum Gasteiger partial charge on any atom is -0.347 e. The standard InChI is InChI=1S/C15H20FN5O3/c1-4-21(9-13-17-19-20-18-13)14(22)11-5-7-12(8-6-11)15(10-16,23-2)24-3/h5-8H,4,9-10H2,1-3H3,(H,17,18,19,20). The molecule has 1 aromatic carbocycles. The third-order valence-electron chi connectivity index (χ3n) is 3.80. The topological polar surface area (TPSA) is 93.2 Å². The monoisotopic (exact) mass is 337 g/mol. The Morgan fingerprint density at radius 2 is 1.96 bits per heavy atom. The molecule has 1 aromatic heterocycles. The summed E-state index contributed by atoms with van der Waals surface area (Å²) in [7, 11) is 2.73. The van der Waals surface area contributed by atoms with Gasteiger partial charge in [-0.3, -0.25) is 4.79 Å². The van der Waals surface area contributed by atoms with Crippen LogP contribution in [-0.2, 0) is 21.8 Å². The van der Waals surface area contributed by atoms with E-state index in [-0.39, 0.29) is 12.5 Å². The summed E-state index contributed by atoms with van der Waals surface area (Å²) in [5, 5.41) is 13.5. The van der Waals surface area contributed by atoms with Crippen LogP contribution in [0.25, 0.3) is 0 Å². The first-order valence-electron chi connectivity index (χ1n) is 7.38. The number of nitrogens with one attached hydrogen (secondary N) is 1. The van der Waals surface area contributed by atoms with Crippen LogP contribution < -0.4 is 0 Å². The molecule has 0 spiro atoms. The van der Waals surface area contributed by atoms with Crippen LogP contribution in [0.4, 0.5) is 4.39 Å². The number of methoxy groups -OCH3 is 2. The normalized spacial score (nSPS) is 11.5. The Kier molecular flexibility index (Phi) is 5.93. The Morgan fingerprint density at radius 1 is 1.29 bits per heavy atom. The van der Waals surface area contributed by atoms with Gasteiger partial charge in [-0.05, 0) is 19.1 Å². The van der Waals surface area contributed by atoms with Gasteiger partial charge >= 0.3 is 0 Å². The van der Waals surface area contributed by atoms with Crippen molar-refractivity contribution in [3.05, 3.63) is 41.2 Å². The van der Waals surface area contributed by atoms with Gasteiger partial charge in [-0.1, -0.05) is 17.3 Å². The van der Waals surface area contributed by atoms with Crippen molar-refractivity contribution < 1.29 is 18.7 Å². The molecule has 9 heteroatoms. The number of amides is 1. The van der Waals surface area contributed by atoms with E-state index in [2.05, 4.69) is 20.6 Å². The Morgan fingerprint density at radius 3 is 2.42 bits per heavy atom. The summed E-state index contributed by atoms with van der Waals surface area (Å²) in [6.45, 7) is 1.75. The first-order valence-corrected chi connectivity index (χ1v) is 7.38. The van der Waals surface area contributed by atoms with E-state index < -0.39 is 12.5 Å². The van der Waals surface area contributed by atoms with Crippen molar-refractivity contribution in [2.75, 3.05) is 27.4 Å². The number of aromatic nitrogens is 4. The number of benzene rings is 1. The van der Waals surface area contributed by atoms with Crippen LogP contribution in [0, 0.1) is 0 Å². The van der Waals surface area contributed by atoms with E-state index in [1.807, 2.05) is 6.92 Å². The summed E-state index contributed by atoms with van der Waals surface area (Å²) < 4.78 is 23.6. The number of aromatic amines is 1. The first-order chi connectivity index (χ1) is 11.6. The number of tetrazole rings is 1. The summed E-state index contributed by atoms with van der Waals surface area (Å²) in [6, 6.07) is 6.45. The van der Waals surface area contributed by atoms with Gasteiger partial charge < -0.3 is 14.4 Å². The van der Waals surface area contributed by atoms with Gasteiger partial charge in [0.2, 0.25) is 5.79 Å². The number of H-pyrrole nitrogens is 1. The number of carbonyl (C=O) groups excluding carboxylic acids is 1. The van der Waals surface area contributed by atoms with Crippen molar-refractivity contribution >= 4 is 5.91 Å². The summed E-state index contributed by atoms with van der Waals surface area (Å²) in [6.07, 6.45) is 0. The SMILES string of the molecule is CCN(Cc1nn[nH]n1)C(=O)c1ccc(C(CF)(OC)OC)cc1. The van der Waals surface area contributed by atoms with Crippen molar-refractivity contribution in [3.8, 4) is 0 Å². The molecule has 8 nitrogen and oxygen atoms in total. The molecule has 0 atom stereocenters. The second-order valence-electron chi connectivity index (χ2n) is 5.02. The first kappa shape index (κ1) is 18.0. The molecule has 1 amide bonds. The number of rotatable bonds is 8. The van der Waals surface area contributed by atoms with Crippen LogP contribution in [0.15, 0.2) is 24.3 Å². The van der Waals surface area contributed by atoms with E-state index in [0.29, 0.717) is 23.5 Å². The molecular weight excluding hydrogens is 317 g/mol. The van der Waals surface area contributed by atoms with Crippen LogP contribution in [-0.4, -0.2) is 58.9 Å². The van der Waals surface area contributed by atoms with Gasteiger partial charge in [0.15, 0.2) is 5.82 Å². The molecule has 2 aromatic rings. The molecule has 2 rings (SSSR count). The van der Waals surface area contributed by atoms with Gasteiger partial charge in [0.05, 0.1) is 6.54 Å². The molecule has 0 aliphatic heterocycles. The zero-order chi connectivity index (χ0) is 17.6. The average Bonchev–Trinajstić information content (AvgIpc) is 3.15. The number of alkyl halides is 1. The minimum atomic E-state index is -1.46. The third kappa shape index (κ3) is 3.57. The van der Waals surface area contributed by atoms with E-state index in [0.717, 1.165) is 0 Å². The minimum absolute atomic E-state index is 0.186. The number of ether oxygens (including phenoxy) is 2. The van der Waals surface area contributed by atoms with Crippen molar-refractivity contribution in [1.29, 1.82) is 0 Å². The maximum atomic E-state index is 13.3. The number of carbonyl (C=O) groups is 1. The molecule has 0 saturated heterocycles. The van der Waals surface area contributed by atoms with Crippen molar-refractivity contribution in [1.82, 2.24) is 25.5 Å². The Labute approximate surface area is 138 Å². The molecule has 0 saturated carbocycles. The molecule has 0 unspecified atom stereocenters. The quantitative estimate of drug-likeness (QED) is 0.729. The van der Waals surface area contributed by atoms with Crippen LogP contribution in [0.5, 0.6) is 0 Å². The van der Waals surface area contributed by atoms with E-state index in [1.54, 1.807) is 29.2 Å². The molecule has 1 heterocycles. The fourth-order valence-corrected chi connectivity index (χ4v) is 2.30. The number of halogens is 1. The van der Waals surface area contributed by atoms with E-state index in [1.165, 1.54) is 14.2 Å². The fraction of sp³-hybridized carbons (Fsp3) is 0.467. The highest BCUT2D eigenvalue weighted by Gasteiger charge is 2.32. The largest absolute Gasteiger partial charge is 0.347 e. The maximum absolute atomic E-state index is 13.3. The molecule has 0 fully saturated rings. The second kappa shape index (κ2) is 7.93. The summed E-state index contributed by atoms with van der Waals surface area (Å²) in [5.41, 5.74) is 0.955. The lowest BCUT2D eigenvalue weighted by atomic mass is 10.0. The zero-order valence-electron chi connectivity index (χ0n) is 13.8. The van der Waals surface area contributed by atoms with Crippen LogP contribution in [0.1, 0.15) is 28.7 Å².